The molecule has 0 amide bonds. The average Bonchev–Trinajstić information content (AvgIpc) is 2.60. The number of aliphatic carboxylic acids is 1. The van der Waals surface area contributed by atoms with Crippen LogP contribution in [0.5, 0.6) is 0 Å². The normalized spacial score (nSPS) is 37.0. The highest BCUT2D eigenvalue weighted by atomic mass is 16.7. The molecule has 8 heteroatoms. The third kappa shape index (κ3) is 4.63. The zero-order valence-electron chi connectivity index (χ0n) is 16.4. The van der Waals surface area contributed by atoms with E-state index in [1.807, 2.05) is 0 Å². The predicted molar refractivity (Wildman–Crippen MR) is 94.3 cm³/mol. The molecule has 8 nitrogen and oxygen atoms in total. The quantitative estimate of drug-likeness (QED) is 0.377. The topological polar surface area (TPSA) is 92.7 Å². The van der Waals surface area contributed by atoms with Gasteiger partial charge in [0.2, 0.25) is 0 Å². The molecule has 0 aromatic rings. The molecule has 4 bridgehead atoms. The van der Waals surface area contributed by atoms with Gasteiger partial charge in [0.25, 0.3) is 0 Å². The first-order valence-electron chi connectivity index (χ1n) is 9.62. The smallest absolute Gasteiger partial charge is 0.309 e. The summed E-state index contributed by atoms with van der Waals surface area (Å²) in [7, 11) is 3.24. The van der Waals surface area contributed by atoms with Crippen LogP contribution in [-0.4, -0.2) is 76.5 Å². The Morgan fingerprint density at radius 2 is 1.37 bits per heavy atom. The summed E-state index contributed by atoms with van der Waals surface area (Å²) in [6.45, 7) is 2.20. The lowest BCUT2D eigenvalue weighted by Gasteiger charge is -2.64. The third-order valence-electron chi connectivity index (χ3n) is 6.18. The maximum absolute atomic E-state index is 12.2. The minimum Gasteiger partial charge on any atom is -0.481 e. The van der Waals surface area contributed by atoms with Crippen molar-refractivity contribution in [2.24, 2.45) is 11.3 Å². The Kier molecular flexibility index (Phi) is 6.76. The molecule has 4 aliphatic carbocycles. The highest BCUT2D eigenvalue weighted by Gasteiger charge is 2.67. The number of methoxy groups -OCH3 is 2. The van der Waals surface area contributed by atoms with Crippen LogP contribution in [0.15, 0.2) is 0 Å². The van der Waals surface area contributed by atoms with Crippen molar-refractivity contribution >= 4 is 5.97 Å². The second kappa shape index (κ2) is 8.71. The Balaban J connectivity index is 1.66. The van der Waals surface area contributed by atoms with Crippen LogP contribution in [0.4, 0.5) is 0 Å². The Hall–Kier alpha value is -0.770. The van der Waals surface area contributed by atoms with Crippen molar-refractivity contribution in [3.05, 3.63) is 0 Å². The first kappa shape index (κ1) is 21.0. The van der Waals surface area contributed by atoms with Crippen LogP contribution >= 0.6 is 0 Å². The van der Waals surface area contributed by atoms with Crippen LogP contribution in [0.3, 0.4) is 0 Å². The predicted octanol–water partition coefficient (Wildman–Crippen LogP) is 1.81. The number of ether oxygens (including phenoxy) is 6. The van der Waals surface area contributed by atoms with Gasteiger partial charge in [0, 0.05) is 20.6 Å². The van der Waals surface area contributed by atoms with E-state index in [9.17, 15) is 9.90 Å². The number of hydrogen-bond donors (Lipinski definition) is 1. The van der Waals surface area contributed by atoms with Crippen molar-refractivity contribution in [1.29, 1.82) is 0 Å². The summed E-state index contributed by atoms with van der Waals surface area (Å²) in [4.78, 5) is 12.2. The molecule has 2 unspecified atom stereocenters. The minimum atomic E-state index is -0.779. The first-order chi connectivity index (χ1) is 13.0. The zero-order valence-corrected chi connectivity index (χ0v) is 16.4. The number of rotatable bonds is 13. The Morgan fingerprint density at radius 1 is 0.852 bits per heavy atom. The van der Waals surface area contributed by atoms with Gasteiger partial charge in [-0.15, -0.1) is 0 Å². The average molecular weight is 388 g/mol. The van der Waals surface area contributed by atoms with Crippen LogP contribution in [0.2, 0.25) is 0 Å². The number of hydrogen-bond acceptors (Lipinski definition) is 7. The highest BCUT2D eigenvalue weighted by Crippen LogP contribution is 2.65. The summed E-state index contributed by atoms with van der Waals surface area (Å²) in [5, 5.41) is 9.98. The lowest BCUT2D eigenvalue weighted by molar-refractivity contribution is -0.292. The summed E-state index contributed by atoms with van der Waals surface area (Å²) in [5.41, 5.74) is -1.78. The second-order valence-electron chi connectivity index (χ2n) is 8.29. The van der Waals surface area contributed by atoms with E-state index < -0.39 is 22.6 Å². The first-order valence-corrected chi connectivity index (χ1v) is 9.62. The van der Waals surface area contributed by atoms with Crippen molar-refractivity contribution in [1.82, 2.24) is 0 Å². The number of carbonyl (C=O) groups is 1. The van der Waals surface area contributed by atoms with Gasteiger partial charge >= 0.3 is 5.97 Å². The van der Waals surface area contributed by atoms with Crippen molar-refractivity contribution in [3.63, 3.8) is 0 Å². The molecule has 27 heavy (non-hydrogen) atoms. The van der Waals surface area contributed by atoms with E-state index in [4.69, 9.17) is 28.4 Å². The summed E-state index contributed by atoms with van der Waals surface area (Å²) in [6, 6.07) is 0. The fourth-order valence-electron chi connectivity index (χ4n) is 5.56. The second-order valence-corrected chi connectivity index (χ2v) is 8.29. The van der Waals surface area contributed by atoms with Gasteiger partial charge in [-0.1, -0.05) is 0 Å². The fraction of sp³-hybridized carbons (Fsp3) is 0.947. The fourth-order valence-corrected chi connectivity index (χ4v) is 5.56. The Bertz CT molecular complexity index is 480. The summed E-state index contributed by atoms with van der Waals surface area (Å²) >= 11 is 0. The molecule has 156 valence electrons. The van der Waals surface area contributed by atoms with E-state index in [1.54, 1.807) is 14.2 Å². The monoisotopic (exact) mass is 388 g/mol. The van der Waals surface area contributed by atoms with Crippen molar-refractivity contribution in [3.8, 4) is 0 Å². The summed E-state index contributed by atoms with van der Waals surface area (Å²) < 4.78 is 33.2. The van der Waals surface area contributed by atoms with Gasteiger partial charge in [0.05, 0.1) is 43.0 Å². The van der Waals surface area contributed by atoms with Crippen LogP contribution in [0.1, 0.15) is 38.5 Å². The molecule has 0 spiro atoms. The molecule has 1 N–H and O–H groups in total. The van der Waals surface area contributed by atoms with Gasteiger partial charge in [-0.25, -0.2) is 0 Å². The number of carboxylic acid groups (broad SMARTS) is 1. The van der Waals surface area contributed by atoms with Crippen molar-refractivity contribution in [2.75, 3.05) is 54.2 Å². The molecular formula is C19H32O8. The van der Waals surface area contributed by atoms with E-state index in [0.29, 0.717) is 52.1 Å². The van der Waals surface area contributed by atoms with Gasteiger partial charge in [-0.05, 0) is 38.0 Å². The summed E-state index contributed by atoms with van der Waals surface area (Å²) in [6.07, 6.45) is 4.17. The minimum absolute atomic E-state index is 0.145. The van der Waals surface area contributed by atoms with Gasteiger partial charge in [0.1, 0.15) is 13.6 Å². The van der Waals surface area contributed by atoms with Gasteiger partial charge < -0.3 is 33.5 Å². The zero-order chi connectivity index (χ0) is 19.4. The van der Waals surface area contributed by atoms with Gasteiger partial charge in [-0.3, -0.25) is 4.79 Å². The van der Waals surface area contributed by atoms with Crippen LogP contribution in [-0.2, 0) is 33.2 Å². The standard InChI is InChI=1S/C19H32O8/c1-22-3-5-24-13-26-18-8-15-7-17(10-18,16(20)21)11-19(9-15,12-18)27-14-25-6-4-23-2/h15H,3-14H2,1-2H3,(H,20,21). The molecule has 4 fully saturated rings. The van der Waals surface area contributed by atoms with Crippen molar-refractivity contribution < 1.29 is 38.3 Å². The Morgan fingerprint density at radius 3 is 1.81 bits per heavy atom. The van der Waals surface area contributed by atoms with E-state index >= 15 is 0 Å². The molecule has 4 aliphatic rings. The van der Waals surface area contributed by atoms with E-state index in [0.717, 1.165) is 12.8 Å². The lowest BCUT2D eigenvalue weighted by Crippen LogP contribution is -2.66. The Labute approximate surface area is 160 Å². The maximum Gasteiger partial charge on any atom is 0.309 e. The van der Waals surface area contributed by atoms with Gasteiger partial charge in [-0.2, -0.15) is 0 Å². The molecular weight excluding hydrogens is 356 g/mol. The highest BCUT2D eigenvalue weighted by molar-refractivity contribution is 5.76. The third-order valence-corrected chi connectivity index (χ3v) is 6.18. The maximum atomic E-state index is 12.2. The molecule has 0 heterocycles. The van der Waals surface area contributed by atoms with Crippen LogP contribution in [0, 0.1) is 11.3 Å². The molecule has 0 aromatic carbocycles. The summed E-state index contributed by atoms with van der Waals surface area (Å²) in [5.74, 6) is -0.455. The lowest BCUT2D eigenvalue weighted by atomic mass is 9.46. The molecule has 0 aliphatic heterocycles. The largest absolute Gasteiger partial charge is 0.481 e. The molecule has 0 radical (unpaired) electrons. The molecule has 0 aromatic heterocycles. The van der Waals surface area contributed by atoms with Crippen molar-refractivity contribution in [2.45, 2.75) is 49.7 Å². The SMILES string of the molecule is COCCOCOC12CC3CC(OCOCCOC)(C1)CC(C(=O)O)(C3)C2. The van der Waals surface area contributed by atoms with Crippen LogP contribution < -0.4 is 0 Å². The van der Waals surface area contributed by atoms with Crippen LogP contribution in [0.25, 0.3) is 0 Å². The molecule has 4 saturated carbocycles. The van der Waals surface area contributed by atoms with E-state index in [2.05, 4.69) is 0 Å². The number of carboxylic acids is 1. The molecule has 0 saturated heterocycles. The van der Waals surface area contributed by atoms with E-state index in [1.165, 1.54) is 0 Å². The molecule has 4 rings (SSSR count). The van der Waals surface area contributed by atoms with E-state index in [-0.39, 0.29) is 19.5 Å². The molecule has 2 atom stereocenters. The van der Waals surface area contributed by atoms with Gasteiger partial charge in [0.15, 0.2) is 0 Å².